The predicted octanol–water partition coefficient (Wildman–Crippen LogP) is 2.92. The number of hydrogen-bond donors (Lipinski definition) is 1. The molecular weight excluding hydrogens is 495 g/mol. The molecule has 1 fully saturated rings. The van der Waals surface area contributed by atoms with Crippen LogP contribution in [0.2, 0.25) is 0 Å². The number of nitrogens with two attached hydrogens (primary N) is 1. The highest BCUT2D eigenvalue weighted by atomic mass is 127. The number of amides is 1. The molecule has 1 saturated heterocycles. The van der Waals surface area contributed by atoms with Gasteiger partial charge in [0.15, 0.2) is 5.96 Å². The van der Waals surface area contributed by atoms with Gasteiger partial charge in [0.25, 0.3) is 0 Å². The number of ether oxygens (including phenoxy) is 1. The standard InChI is InChI=1S/C21H30N6O2.HI/c1-21(2,3)29-20(28)26-11-9-25(10-12-26)19(22)23-13-18-14-24-27(16-18)15-17-7-5-4-6-8-17;/h4-8,14,16H,9-13,15H2,1-3H3,(H2,22,23);1H. The summed E-state index contributed by atoms with van der Waals surface area (Å²) in [7, 11) is 0. The third-order valence-electron chi connectivity index (χ3n) is 4.55. The first-order valence-corrected chi connectivity index (χ1v) is 9.88. The van der Waals surface area contributed by atoms with E-state index >= 15 is 0 Å². The maximum absolute atomic E-state index is 12.1. The van der Waals surface area contributed by atoms with Crippen LogP contribution in [0.25, 0.3) is 0 Å². The fraction of sp³-hybridized carbons (Fsp3) is 0.476. The Kier molecular flexibility index (Phi) is 8.51. The Bertz CT molecular complexity index is 839. The number of rotatable bonds is 4. The van der Waals surface area contributed by atoms with Crippen molar-refractivity contribution in [2.24, 2.45) is 10.7 Å². The molecule has 1 aliphatic rings. The van der Waals surface area contributed by atoms with Gasteiger partial charge in [-0.05, 0) is 26.3 Å². The lowest BCUT2D eigenvalue weighted by molar-refractivity contribution is 0.0186. The summed E-state index contributed by atoms with van der Waals surface area (Å²) in [4.78, 5) is 20.4. The number of nitrogens with zero attached hydrogens (tertiary/aromatic N) is 5. The van der Waals surface area contributed by atoms with Crippen molar-refractivity contribution in [2.75, 3.05) is 26.2 Å². The van der Waals surface area contributed by atoms with Crippen molar-refractivity contribution in [3.05, 3.63) is 53.9 Å². The Hall–Kier alpha value is -2.30. The molecule has 3 rings (SSSR count). The van der Waals surface area contributed by atoms with Gasteiger partial charge in [-0.1, -0.05) is 30.3 Å². The third kappa shape index (κ3) is 7.19. The fourth-order valence-corrected chi connectivity index (χ4v) is 3.06. The fourth-order valence-electron chi connectivity index (χ4n) is 3.06. The zero-order valence-electron chi connectivity index (χ0n) is 17.8. The molecule has 2 aromatic rings. The van der Waals surface area contributed by atoms with Gasteiger partial charge in [-0.2, -0.15) is 5.10 Å². The zero-order chi connectivity index (χ0) is 20.9. The van der Waals surface area contributed by atoms with Gasteiger partial charge in [0.1, 0.15) is 5.60 Å². The van der Waals surface area contributed by atoms with E-state index in [1.54, 1.807) is 4.90 Å². The molecule has 0 spiro atoms. The molecule has 30 heavy (non-hydrogen) atoms. The van der Waals surface area contributed by atoms with Crippen LogP contribution in [0.5, 0.6) is 0 Å². The van der Waals surface area contributed by atoms with Crippen molar-refractivity contribution in [2.45, 2.75) is 39.5 Å². The van der Waals surface area contributed by atoms with Gasteiger partial charge < -0.3 is 20.3 Å². The SMILES string of the molecule is CC(C)(C)OC(=O)N1CCN(C(N)=NCc2cnn(Cc3ccccc3)c2)CC1.I. The predicted molar refractivity (Wildman–Crippen MR) is 128 cm³/mol. The minimum absolute atomic E-state index is 0. The molecule has 2 N–H and O–H groups in total. The van der Waals surface area contributed by atoms with E-state index in [2.05, 4.69) is 22.2 Å². The third-order valence-corrected chi connectivity index (χ3v) is 4.55. The summed E-state index contributed by atoms with van der Waals surface area (Å²) in [6.07, 6.45) is 3.53. The molecule has 0 radical (unpaired) electrons. The Morgan fingerprint density at radius 1 is 1.10 bits per heavy atom. The second-order valence-corrected chi connectivity index (χ2v) is 8.16. The largest absolute Gasteiger partial charge is 0.444 e. The van der Waals surface area contributed by atoms with Crippen LogP contribution < -0.4 is 5.73 Å². The van der Waals surface area contributed by atoms with Crippen molar-refractivity contribution in [1.82, 2.24) is 19.6 Å². The van der Waals surface area contributed by atoms with Crippen LogP contribution in [-0.2, 0) is 17.8 Å². The van der Waals surface area contributed by atoms with E-state index in [4.69, 9.17) is 10.5 Å². The lowest BCUT2D eigenvalue weighted by Gasteiger charge is -2.36. The van der Waals surface area contributed by atoms with Crippen LogP contribution >= 0.6 is 24.0 Å². The van der Waals surface area contributed by atoms with Crippen molar-refractivity contribution < 1.29 is 9.53 Å². The molecule has 1 aliphatic heterocycles. The second-order valence-electron chi connectivity index (χ2n) is 8.16. The van der Waals surface area contributed by atoms with E-state index in [9.17, 15) is 4.79 Å². The maximum atomic E-state index is 12.1. The topological polar surface area (TPSA) is 89.0 Å². The summed E-state index contributed by atoms with van der Waals surface area (Å²) < 4.78 is 7.32. The van der Waals surface area contributed by atoms with E-state index in [0.717, 1.165) is 12.1 Å². The molecule has 2 heterocycles. The highest BCUT2D eigenvalue weighted by Crippen LogP contribution is 2.12. The molecule has 9 heteroatoms. The van der Waals surface area contributed by atoms with Gasteiger partial charge in [0, 0.05) is 37.9 Å². The van der Waals surface area contributed by atoms with Crippen LogP contribution in [0, 0.1) is 0 Å². The van der Waals surface area contributed by atoms with Crippen LogP contribution in [0.4, 0.5) is 4.79 Å². The molecule has 0 bridgehead atoms. The molecule has 1 amide bonds. The lowest BCUT2D eigenvalue weighted by Crippen LogP contribution is -2.53. The van der Waals surface area contributed by atoms with Crippen molar-refractivity contribution in [3.8, 4) is 0 Å². The molecule has 0 saturated carbocycles. The minimum atomic E-state index is -0.486. The monoisotopic (exact) mass is 526 g/mol. The number of piperazine rings is 1. The van der Waals surface area contributed by atoms with Crippen molar-refractivity contribution in [3.63, 3.8) is 0 Å². The summed E-state index contributed by atoms with van der Waals surface area (Å²) in [5, 5.41) is 4.40. The normalized spacial score (nSPS) is 15.0. The number of hydrogen-bond acceptors (Lipinski definition) is 4. The molecule has 1 aromatic heterocycles. The van der Waals surface area contributed by atoms with Crippen LogP contribution in [0.3, 0.4) is 0 Å². The van der Waals surface area contributed by atoms with E-state index in [0.29, 0.717) is 38.7 Å². The highest BCUT2D eigenvalue weighted by molar-refractivity contribution is 14.0. The Balaban J connectivity index is 0.00000320. The van der Waals surface area contributed by atoms with Gasteiger partial charge >= 0.3 is 6.09 Å². The average Bonchev–Trinajstić information content (AvgIpc) is 3.13. The summed E-state index contributed by atoms with van der Waals surface area (Å²) >= 11 is 0. The summed E-state index contributed by atoms with van der Waals surface area (Å²) in [6.45, 7) is 9.24. The number of benzene rings is 1. The first-order valence-electron chi connectivity index (χ1n) is 9.88. The molecule has 8 nitrogen and oxygen atoms in total. The first-order chi connectivity index (χ1) is 13.8. The van der Waals surface area contributed by atoms with E-state index < -0.39 is 5.60 Å². The average molecular weight is 526 g/mol. The molecule has 0 unspecified atom stereocenters. The lowest BCUT2D eigenvalue weighted by atomic mass is 10.2. The van der Waals surface area contributed by atoms with Crippen LogP contribution in [0.15, 0.2) is 47.7 Å². The Labute approximate surface area is 195 Å². The smallest absolute Gasteiger partial charge is 0.410 e. The summed E-state index contributed by atoms with van der Waals surface area (Å²) in [5.41, 5.74) is 7.89. The van der Waals surface area contributed by atoms with Gasteiger partial charge in [-0.15, -0.1) is 24.0 Å². The molecule has 164 valence electrons. The summed E-state index contributed by atoms with van der Waals surface area (Å²) in [5.74, 6) is 0.490. The molecular formula is C21H31IN6O2. The van der Waals surface area contributed by atoms with Gasteiger partial charge in [-0.3, -0.25) is 4.68 Å². The van der Waals surface area contributed by atoms with Gasteiger partial charge in [0.05, 0.1) is 19.3 Å². The van der Waals surface area contributed by atoms with Crippen molar-refractivity contribution in [1.29, 1.82) is 0 Å². The number of aliphatic imine (C=N–C) groups is 1. The van der Waals surface area contributed by atoms with Crippen LogP contribution in [-0.4, -0.2) is 63.4 Å². The van der Waals surface area contributed by atoms with E-state index in [1.807, 2.05) is 60.9 Å². The zero-order valence-corrected chi connectivity index (χ0v) is 20.2. The van der Waals surface area contributed by atoms with E-state index in [-0.39, 0.29) is 30.1 Å². The number of carbonyl (C=O) groups is 1. The Morgan fingerprint density at radius 3 is 2.37 bits per heavy atom. The minimum Gasteiger partial charge on any atom is -0.444 e. The number of halogens is 1. The van der Waals surface area contributed by atoms with Crippen LogP contribution in [0.1, 0.15) is 31.9 Å². The molecule has 0 aliphatic carbocycles. The van der Waals surface area contributed by atoms with Gasteiger partial charge in [0.2, 0.25) is 0 Å². The van der Waals surface area contributed by atoms with E-state index in [1.165, 1.54) is 5.56 Å². The number of carbonyl (C=O) groups excluding carboxylic acids is 1. The van der Waals surface area contributed by atoms with Crippen molar-refractivity contribution >= 4 is 36.0 Å². The first kappa shape index (κ1) is 24.0. The molecule has 0 atom stereocenters. The number of aromatic nitrogens is 2. The maximum Gasteiger partial charge on any atom is 0.410 e. The summed E-state index contributed by atoms with van der Waals surface area (Å²) in [6, 6.07) is 10.2. The highest BCUT2D eigenvalue weighted by Gasteiger charge is 2.26. The molecule has 1 aromatic carbocycles. The Morgan fingerprint density at radius 2 is 1.73 bits per heavy atom. The quantitative estimate of drug-likeness (QED) is 0.376. The van der Waals surface area contributed by atoms with Gasteiger partial charge in [-0.25, -0.2) is 9.79 Å². The number of guanidine groups is 1. The second kappa shape index (κ2) is 10.6.